The van der Waals surface area contributed by atoms with Gasteiger partial charge < -0.3 is 15.4 Å². The summed E-state index contributed by atoms with van der Waals surface area (Å²) in [6, 6.07) is 4.99. The maximum absolute atomic E-state index is 13.5. The summed E-state index contributed by atoms with van der Waals surface area (Å²) in [5, 5.41) is 6.80. The minimum atomic E-state index is -0.184. The van der Waals surface area contributed by atoms with E-state index in [9.17, 15) is 4.39 Å². The van der Waals surface area contributed by atoms with Crippen molar-refractivity contribution >= 4 is 29.5 Å². The highest BCUT2D eigenvalue weighted by Gasteiger charge is 2.31. The smallest absolute Gasteiger partial charge is 0.191 e. The van der Waals surface area contributed by atoms with Gasteiger partial charge in [0.15, 0.2) is 5.96 Å². The summed E-state index contributed by atoms with van der Waals surface area (Å²) in [6.07, 6.45) is 6.29. The third-order valence-electron chi connectivity index (χ3n) is 4.55. The molecule has 1 aliphatic rings. The summed E-state index contributed by atoms with van der Waals surface area (Å²) in [7, 11) is 1.78. The molecule has 1 saturated heterocycles. The van der Waals surface area contributed by atoms with Crippen LogP contribution in [0.3, 0.4) is 0 Å². The number of halogens is 1. The fraction of sp³-hybridized carbons (Fsp3) is 0.611. The summed E-state index contributed by atoms with van der Waals surface area (Å²) in [4.78, 5) is 4.32. The summed E-state index contributed by atoms with van der Waals surface area (Å²) in [6.45, 7) is 3.13. The van der Waals surface area contributed by atoms with E-state index in [1.807, 2.05) is 24.1 Å². The number of thioether (sulfide) groups is 2. The van der Waals surface area contributed by atoms with Crippen LogP contribution in [0, 0.1) is 5.82 Å². The maximum atomic E-state index is 13.5. The lowest BCUT2D eigenvalue weighted by atomic mass is 9.99. The maximum Gasteiger partial charge on any atom is 0.191 e. The first-order chi connectivity index (χ1) is 12.1. The molecule has 0 bridgehead atoms. The molecule has 1 aliphatic heterocycles. The molecule has 0 radical (unpaired) electrons. The van der Waals surface area contributed by atoms with E-state index in [0.717, 1.165) is 55.4 Å². The van der Waals surface area contributed by atoms with Gasteiger partial charge in [-0.2, -0.15) is 23.5 Å². The van der Waals surface area contributed by atoms with Crippen LogP contribution in [0.5, 0.6) is 0 Å². The van der Waals surface area contributed by atoms with E-state index < -0.39 is 0 Å². The van der Waals surface area contributed by atoms with E-state index >= 15 is 0 Å². The quantitative estimate of drug-likeness (QED) is 0.557. The second-order valence-corrected chi connectivity index (χ2v) is 8.27. The van der Waals surface area contributed by atoms with Gasteiger partial charge in [0.1, 0.15) is 5.82 Å². The summed E-state index contributed by atoms with van der Waals surface area (Å²) in [5.74, 6) is 1.40. The van der Waals surface area contributed by atoms with Gasteiger partial charge in [0, 0.05) is 43.9 Å². The Balaban J connectivity index is 1.92. The van der Waals surface area contributed by atoms with Crippen molar-refractivity contribution in [2.24, 2.45) is 4.99 Å². The minimum Gasteiger partial charge on any atom is -0.381 e. The Hall–Kier alpha value is -0.920. The van der Waals surface area contributed by atoms with Crippen molar-refractivity contribution in [3.63, 3.8) is 0 Å². The van der Waals surface area contributed by atoms with Crippen LogP contribution in [-0.4, -0.2) is 50.0 Å². The van der Waals surface area contributed by atoms with E-state index in [1.54, 1.807) is 24.9 Å². The summed E-state index contributed by atoms with van der Waals surface area (Å²) < 4.78 is 19.2. The van der Waals surface area contributed by atoms with Crippen LogP contribution in [0.15, 0.2) is 23.2 Å². The van der Waals surface area contributed by atoms with Crippen molar-refractivity contribution in [2.75, 3.05) is 39.3 Å². The normalized spacial score (nSPS) is 17.4. The average Bonchev–Trinajstić information content (AvgIpc) is 2.64. The van der Waals surface area contributed by atoms with Crippen molar-refractivity contribution < 1.29 is 9.13 Å². The second-order valence-electron chi connectivity index (χ2n) is 6.12. The molecule has 25 heavy (non-hydrogen) atoms. The van der Waals surface area contributed by atoms with Crippen LogP contribution >= 0.6 is 23.5 Å². The van der Waals surface area contributed by atoms with Gasteiger partial charge in [0.2, 0.25) is 0 Å². The zero-order chi connectivity index (χ0) is 18.1. The van der Waals surface area contributed by atoms with Crippen LogP contribution in [0.4, 0.5) is 4.39 Å². The van der Waals surface area contributed by atoms with Gasteiger partial charge in [-0.3, -0.25) is 4.99 Å². The van der Waals surface area contributed by atoms with E-state index in [4.69, 9.17) is 4.74 Å². The van der Waals surface area contributed by atoms with E-state index in [1.165, 1.54) is 6.07 Å². The molecule has 140 valence electrons. The molecule has 0 aliphatic carbocycles. The SMILES string of the molecule is CN=C(NCc1ccc(F)cc1CSC)NCC1(SC)CCOCC1. The number of hydrogen-bond acceptors (Lipinski definition) is 4. The molecular formula is C18H28FN3OS2. The Bertz CT molecular complexity index is 577. The zero-order valence-electron chi connectivity index (χ0n) is 15.2. The lowest BCUT2D eigenvalue weighted by molar-refractivity contribution is 0.0783. The van der Waals surface area contributed by atoms with Gasteiger partial charge in [-0.25, -0.2) is 4.39 Å². The number of aliphatic imine (C=N–C) groups is 1. The molecule has 1 heterocycles. The predicted molar refractivity (Wildman–Crippen MR) is 108 cm³/mol. The molecule has 0 unspecified atom stereocenters. The highest BCUT2D eigenvalue weighted by atomic mass is 32.2. The first-order valence-corrected chi connectivity index (χ1v) is 11.1. The number of nitrogens with zero attached hydrogens (tertiary/aromatic N) is 1. The third-order valence-corrected chi connectivity index (χ3v) is 6.57. The molecule has 7 heteroatoms. The molecule has 0 saturated carbocycles. The Morgan fingerprint density at radius 3 is 2.64 bits per heavy atom. The fourth-order valence-corrected chi connectivity index (χ4v) is 4.27. The van der Waals surface area contributed by atoms with Crippen LogP contribution in [0.2, 0.25) is 0 Å². The van der Waals surface area contributed by atoms with Crippen LogP contribution in [-0.2, 0) is 17.0 Å². The molecule has 4 nitrogen and oxygen atoms in total. The number of guanidine groups is 1. The molecule has 0 amide bonds. The van der Waals surface area contributed by atoms with E-state index in [2.05, 4.69) is 21.9 Å². The van der Waals surface area contributed by atoms with Gasteiger partial charge in [0.25, 0.3) is 0 Å². The molecule has 2 rings (SSSR count). The monoisotopic (exact) mass is 385 g/mol. The van der Waals surface area contributed by atoms with Crippen molar-refractivity contribution in [2.45, 2.75) is 29.9 Å². The van der Waals surface area contributed by atoms with E-state index in [0.29, 0.717) is 6.54 Å². The molecule has 0 spiro atoms. The first-order valence-electron chi connectivity index (χ1n) is 8.46. The predicted octanol–water partition coefficient (Wildman–Crippen LogP) is 3.27. The Kier molecular flexibility index (Phi) is 8.39. The largest absolute Gasteiger partial charge is 0.381 e. The average molecular weight is 386 g/mol. The van der Waals surface area contributed by atoms with Crippen molar-refractivity contribution in [1.29, 1.82) is 0 Å². The second kappa shape index (κ2) is 10.3. The van der Waals surface area contributed by atoms with Crippen LogP contribution < -0.4 is 10.6 Å². The van der Waals surface area contributed by atoms with Crippen LogP contribution in [0.25, 0.3) is 0 Å². The number of rotatable bonds is 7. The third kappa shape index (κ3) is 6.08. The Morgan fingerprint density at radius 2 is 2.00 bits per heavy atom. The molecular weight excluding hydrogens is 357 g/mol. The highest BCUT2D eigenvalue weighted by molar-refractivity contribution is 8.00. The molecule has 0 atom stereocenters. The van der Waals surface area contributed by atoms with Crippen LogP contribution in [0.1, 0.15) is 24.0 Å². The molecule has 1 aromatic carbocycles. The van der Waals surface area contributed by atoms with Gasteiger partial charge in [-0.15, -0.1) is 0 Å². The Labute approximate surface area is 158 Å². The fourth-order valence-electron chi connectivity index (χ4n) is 2.90. The van der Waals surface area contributed by atoms with E-state index in [-0.39, 0.29) is 10.6 Å². The highest BCUT2D eigenvalue weighted by Crippen LogP contribution is 2.32. The molecule has 1 aromatic rings. The lowest BCUT2D eigenvalue weighted by Crippen LogP contribution is -2.47. The number of ether oxygens (including phenoxy) is 1. The lowest BCUT2D eigenvalue weighted by Gasteiger charge is -2.36. The van der Waals surface area contributed by atoms with Crippen molar-refractivity contribution in [3.8, 4) is 0 Å². The number of nitrogens with one attached hydrogen (secondary N) is 2. The number of benzene rings is 1. The zero-order valence-corrected chi connectivity index (χ0v) is 16.9. The number of hydrogen-bond donors (Lipinski definition) is 2. The minimum absolute atomic E-state index is 0.184. The Morgan fingerprint density at radius 1 is 1.24 bits per heavy atom. The van der Waals surface area contributed by atoms with Gasteiger partial charge >= 0.3 is 0 Å². The van der Waals surface area contributed by atoms with Gasteiger partial charge in [-0.05, 0) is 48.6 Å². The summed E-state index contributed by atoms with van der Waals surface area (Å²) in [5.41, 5.74) is 2.13. The standard InChI is InChI=1S/C18H28FN3OS2/c1-20-17(22-13-18(25-3)6-8-23-9-7-18)21-11-14-4-5-16(19)10-15(14)12-24-2/h4-5,10H,6-9,11-13H2,1-3H3,(H2,20,21,22). The molecule has 1 fully saturated rings. The van der Waals surface area contributed by atoms with Gasteiger partial charge in [-0.1, -0.05) is 6.07 Å². The van der Waals surface area contributed by atoms with Crippen molar-refractivity contribution in [3.05, 3.63) is 35.1 Å². The van der Waals surface area contributed by atoms with Gasteiger partial charge in [0.05, 0.1) is 0 Å². The topological polar surface area (TPSA) is 45.7 Å². The first kappa shape index (κ1) is 20.4. The molecule has 0 aromatic heterocycles. The molecule has 2 N–H and O–H groups in total. The summed E-state index contributed by atoms with van der Waals surface area (Å²) >= 11 is 3.60. The van der Waals surface area contributed by atoms with Crippen molar-refractivity contribution in [1.82, 2.24) is 10.6 Å².